The summed E-state index contributed by atoms with van der Waals surface area (Å²) in [5.74, 6) is 0.00961. The molecular weight excluding hydrogens is 456 g/mol. The number of nitro benzene ring substituents is 1. The molecule has 4 aromatic rings. The van der Waals surface area contributed by atoms with Crippen molar-refractivity contribution in [3.8, 4) is 11.4 Å². The van der Waals surface area contributed by atoms with Gasteiger partial charge in [-0.15, -0.1) is 11.3 Å². The highest BCUT2D eigenvalue weighted by Gasteiger charge is 2.25. The van der Waals surface area contributed by atoms with Gasteiger partial charge in [-0.25, -0.2) is 4.68 Å². The molecule has 34 heavy (non-hydrogen) atoms. The van der Waals surface area contributed by atoms with Gasteiger partial charge in [0.25, 0.3) is 11.6 Å². The number of nitro groups is 1. The Hall–Kier alpha value is -4.31. The number of aryl methyl sites for hydroxylation is 1. The molecule has 2 aromatic heterocycles. The minimum atomic E-state index is -0.615. The number of methoxy groups -OCH3 is 1. The fourth-order valence-corrected chi connectivity index (χ4v) is 4.16. The van der Waals surface area contributed by atoms with E-state index in [2.05, 4.69) is 5.10 Å². The summed E-state index contributed by atoms with van der Waals surface area (Å²) in [6, 6.07) is 17.9. The van der Waals surface area contributed by atoms with E-state index in [1.54, 1.807) is 44.4 Å². The van der Waals surface area contributed by atoms with Crippen LogP contribution in [0.15, 0.2) is 76.9 Å². The van der Waals surface area contributed by atoms with Crippen molar-refractivity contribution in [2.75, 3.05) is 12.0 Å². The summed E-state index contributed by atoms with van der Waals surface area (Å²) in [6.45, 7) is 1.83. The number of nitrogens with zero attached hydrogens (tertiary/aromatic N) is 4. The molecule has 2 heterocycles. The average molecular weight is 477 g/mol. The Kier molecular flexibility index (Phi) is 6.51. The lowest BCUT2D eigenvalue weighted by atomic mass is 10.2. The van der Waals surface area contributed by atoms with Gasteiger partial charge in [0.15, 0.2) is 5.69 Å². The summed E-state index contributed by atoms with van der Waals surface area (Å²) in [4.78, 5) is 39.9. The molecule has 0 aliphatic carbocycles. The van der Waals surface area contributed by atoms with Crippen LogP contribution in [0.3, 0.4) is 0 Å². The lowest BCUT2D eigenvalue weighted by Gasteiger charge is -2.22. The fraction of sp³-hybridized carbons (Fsp3) is 0.125. The van der Waals surface area contributed by atoms with Gasteiger partial charge in [0.1, 0.15) is 11.4 Å². The predicted molar refractivity (Wildman–Crippen MR) is 129 cm³/mol. The van der Waals surface area contributed by atoms with E-state index in [1.807, 2.05) is 17.5 Å². The number of thiophene rings is 1. The first-order valence-corrected chi connectivity index (χ1v) is 11.1. The highest BCUT2D eigenvalue weighted by molar-refractivity contribution is 7.09. The Balaban J connectivity index is 1.82. The Morgan fingerprint density at radius 3 is 2.53 bits per heavy atom. The molecular formula is C24H20N4O5S. The number of para-hydroxylation sites is 2. The minimum absolute atomic E-state index is 0.160. The summed E-state index contributed by atoms with van der Waals surface area (Å²) in [7, 11) is 1.55. The normalized spacial score (nSPS) is 10.6. The molecule has 0 saturated carbocycles. The molecule has 10 heteroatoms. The van der Waals surface area contributed by atoms with Gasteiger partial charge in [-0.2, -0.15) is 5.10 Å². The van der Waals surface area contributed by atoms with Crippen molar-refractivity contribution < 1.29 is 14.5 Å². The maximum atomic E-state index is 13.7. The van der Waals surface area contributed by atoms with Gasteiger partial charge < -0.3 is 9.64 Å². The summed E-state index contributed by atoms with van der Waals surface area (Å²) in [5.41, 5.74) is -0.0134. The molecule has 9 nitrogen and oxygen atoms in total. The molecule has 0 saturated heterocycles. The molecule has 0 aliphatic rings. The zero-order valence-corrected chi connectivity index (χ0v) is 19.2. The molecule has 1 amide bonds. The van der Waals surface area contributed by atoms with Gasteiger partial charge in [0.05, 0.1) is 18.6 Å². The van der Waals surface area contributed by atoms with E-state index in [0.29, 0.717) is 17.1 Å². The second-order valence-corrected chi connectivity index (χ2v) is 8.36. The smallest absolute Gasteiger partial charge is 0.294 e. The monoisotopic (exact) mass is 476 g/mol. The van der Waals surface area contributed by atoms with E-state index in [9.17, 15) is 19.7 Å². The maximum absolute atomic E-state index is 13.7. The van der Waals surface area contributed by atoms with E-state index in [-0.39, 0.29) is 23.6 Å². The minimum Gasteiger partial charge on any atom is -0.497 e. The zero-order chi connectivity index (χ0) is 24.2. The molecule has 0 bridgehead atoms. The van der Waals surface area contributed by atoms with Gasteiger partial charge in [-0.05, 0) is 48.7 Å². The van der Waals surface area contributed by atoms with Crippen molar-refractivity contribution in [2.24, 2.45) is 0 Å². The predicted octanol–water partition coefficient (Wildman–Crippen LogP) is 4.37. The fourth-order valence-electron chi connectivity index (χ4n) is 3.47. The third-order valence-electron chi connectivity index (χ3n) is 5.14. The number of ether oxygens (including phenoxy) is 1. The van der Waals surface area contributed by atoms with Crippen LogP contribution in [-0.2, 0) is 6.54 Å². The summed E-state index contributed by atoms with van der Waals surface area (Å²) < 4.78 is 6.46. The number of amides is 1. The molecule has 0 radical (unpaired) electrons. The van der Waals surface area contributed by atoms with E-state index >= 15 is 0 Å². The number of hydrogen-bond acceptors (Lipinski definition) is 7. The van der Waals surface area contributed by atoms with Gasteiger partial charge in [0.2, 0.25) is 5.43 Å². The summed E-state index contributed by atoms with van der Waals surface area (Å²) in [6.07, 6.45) is 0. The van der Waals surface area contributed by atoms with Crippen molar-refractivity contribution in [1.82, 2.24) is 9.78 Å². The quantitative estimate of drug-likeness (QED) is 0.290. The highest BCUT2D eigenvalue weighted by atomic mass is 32.1. The second-order valence-electron chi connectivity index (χ2n) is 7.32. The SMILES string of the molecule is COc1ccc(N(Cc2cccs2)C(=O)c2nn(-c3ccccc3[N+](=O)[O-])c(C)cc2=O)cc1. The molecule has 0 aliphatic heterocycles. The van der Waals surface area contributed by atoms with Gasteiger partial charge in [0, 0.05) is 28.4 Å². The molecule has 2 aromatic carbocycles. The van der Waals surface area contributed by atoms with E-state index in [0.717, 1.165) is 4.88 Å². The van der Waals surface area contributed by atoms with Crippen molar-refractivity contribution >= 4 is 28.6 Å². The molecule has 0 unspecified atom stereocenters. The molecule has 0 spiro atoms. The van der Waals surface area contributed by atoms with Crippen LogP contribution in [0.1, 0.15) is 21.1 Å². The van der Waals surface area contributed by atoms with Crippen LogP contribution < -0.4 is 15.1 Å². The number of aromatic nitrogens is 2. The zero-order valence-electron chi connectivity index (χ0n) is 18.4. The second kappa shape index (κ2) is 9.67. The largest absolute Gasteiger partial charge is 0.497 e. The van der Waals surface area contributed by atoms with Crippen LogP contribution in [0.2, 0.25) is 0 Å². The molecule has 0 fully saturated rings. The third kappa shape index (κ3) is 4.57. The lowest BCUT2D eigenvalue weighted by Crippen LogP contribution is -2.36. The topological polar surface area (TPSA) is 108 Å². The van der Waals surface area contributed by atoms with Crippen LogP contribution in [0.5, 0.6) is 5.75 Å². The van der Waals surface area contributed by atoms with Crippen LogP contribution >= 0.6 is 11.3 Å². The van der Waals surface area contributed by atoms with Crippen LogP contribution in [0.4, 0.5) is 11.4 Å². The van der Waals surface area contributed by atoms with Crippen molar-refractivity contribution in [3.63, 3.8) is 0 Å². The molecule has 4 rings (SSSR count). The average Bonchev–Trinajstić information content (AvgIpc) is 3.36. The van der Waals surface area contributed by atoms with E-state index < -0.39 is 16.3 Å². The molecule has 0 N–H and O–H groups in total. The first-order chi connectivity index (χ1) is 16.4. The van der Waals surface area contributed by atoms with Crippen molar-refractivity contribution in [1.29, 1.82) is 0 Å². The summed E-state index contributed by atoms with van der Waals surface area (Å²) >= 11 is 1.48. The number of rotatable bonds is 7. The van der Waals surface area contributed by atoms with Crippen LogP contribution in [0.25, 0.3) is 5.69 Å². The molecule has 172 valence electrons. The van der Waals surface area contributed by atoms with Crippen molar-refractivity contribution in [3.05, 3.63) is 109 Å². The van der Waals surface area contributed by atoms with Gasteiger partial charge in [-0.1, -0.05) is 18.2 Å². The number of carbonyl (C=O) groups is 1. The first kappa shape index (κ1) is 22.9. The third-order valence-corrected chi connectivity index (χ3v) is 6.00. The standard InChI is InChI=1S/C24H20N4O5S/c1-16-14-22(29)23(25-27(16)20-7-3-4-8-21(20)28(31)32)24(30)26(15-19-6-5-13-34-19)17-9-11-18(33-2)12-10-17/h3-14H,15H2,1-2H3. The molecule has 0 atom stereocenters. The van der Waals surface area contributed by atoms with Gasteiger partial charge >= 0.3 is 0 Å². The Morgan fingerprint density at radius 2 is 1.88 bits per heavy atom. The summed E-state index contributed by atoms with van der Waals surface area (Å²) in [5, 5.41) is 17.7. The van der Waals surface area contributed by atoms with Crippen LogP contribution in [0, 0.1) is 17.0 Å². The van der Waals surface area contributed by atoms with Crippen molar-refractivity contribution in [2.45, 2.75) is 13.5 Å². The first-order valence-electron chi connectivity index (χ1n) is 10.2. The number of hydrogen-bond donors (Lipinski definition) is 0. The lowest BCUT2D eigenvalue weighted by molar-refractivity contribution is -0.384. The highest BCUT2D eigenvalue weighted by Crippen LogP contribution is 2.25. The number of carbonyl (C=O) groups excluding carboxylic acids is 1. The Labute approximate surface area is 198 Å². The Bertz CT molecular complexity index is 1400. The van der Waals surface area contributed by atoms with Gasteiger partial charge in [-0.3, -0.25) is 19.7 Å². The number of benzene rings is 2. The number of anilines is 1. The van der Waals surface area contributed by atoms with E-state index in [4.69, 9.17) is 4.74 Å². The van der Waals surface area contributed by atoms with Crippen LogP contribution in [-0.4, -0.2) is 27.7 Å². The van der Waals surface area contributed by atoms with E-state index in [1.165, 1.54) is 45.2 Å². The Morgan fingerprint density at radius 1 is 1.15 bits per heavy atom. The maximum Gasteiger partial charge on any atom is 0.294 e.